The minimum Gasteiger partial charge on any atom is -0.320 e. The lowest BCUT2D eigenvalue weighted by atomic mass is 10.0. The van der Waals surface area contributed by atoms with Crippen molar-refractivity contribution < 1.29 is 0 Å². The Labute approximate surface area is 111 Å². The monoisotopic (exact) mass is 253 g/mol. The van der Waals surface area contributed by atoms with Gasteiger partial charge in [-0.05, 0) is 69.5 Å². The minimum atomic E-state index is 0.934. The molecule has 0 amide bonds. The molecule has 0 aliphatic carbocycles. The standard InChI is InChI=1S/C15H24ClN/c1-12-10-14(15(16)11-13(12)2)8-6-4-5-7-9-17-3/h10-11,17H,4-9H2,1-3H3. The van der Waals surface area contributed by atoms with Gasteiger partial charge in [0.2, 0.25) is 0 Å². The summed E-state index contributed by atoms with van der Waals surface area (Å²) in [5, 5.41) is 4.11. The molecule has 1 nitrogen and oxygen atoms in total. The Hall–Kier alpha value is -0.530. The van der Waals surface area contributed by atoms with Crippen molar-refractivity contribution >= 4 is 11.6 Å². The van der Waals surface area contributed by atoms with Crippen molar-refractivity contribution in [1.29, 1.82) is 0 Å². The first-order valence-corrected chi connectivity index (χ1v) is 6.93. The molecule has 0 atom stereocenters. The fraction of sp³-hybridized carbons (Fsp3) is 0.600. The quantitative estimate of drug-likeness (QED) is 0.716. The highest BCUT2D eigenvalue weighted by atomic mass is 35.5. The molecule has 0 aliphatic rings. The minimum absolute atomic E-state index is 0.934. The highest BCUT2D eigenvalue weighted by Gasteiger charge is 2.03. The lowest BCUT2D eigenvalue weighted by Gasteiger charge is -2.08. The lowest BCUT2D eigenvalue weighted by Crippen LogP contribution is -2.06. The summed E-state index contributed by atoms with van der Waals surface area (Å²) >= 11 is 6.25. The maximum Gasteiger partial charge on any atom is 0.0440 e. The van der Waals surface area contributed by atoms with E-state index in [1.54, 1.807) is 0 Å². The molecule has 0 saturated heterocycles. The summed E-state index contributed by atoms with van der Waals surface area (Å²) in [6, 6.07) is 4.33. The topological polar surface area (TPSA) is 12.0 Å². The van der Waals surface area contributed by atoms with Crippen molar-refractivity contribution in [2.24, 2.45) is 0 Å². The van der Waals surface area contributed by atoms with Crippen LogP contribution in [0.4, 0.5) is 0 Å². The third kappa shape index (κ3) is 5.10. The Bertz CT molecular complexity index is 347. The third-order valence-corrected chi connectivity index (χ3v) is 3.64. The van der Waals surface area contributed by atoms with Gasteiger partial charge in [-0.3, -0.25) is 0 Å². The maximum atomic E-state index is 6.25. The van der Waals surface area contributed by atoms with Crippen LogP contribution in [0, 0.1) is 13.8 Å². The van der Waals surface area contributed by atoms with Crippen LogP contribution in [0.2, 0.25) is 5.02 Å². The Morgan fingerprint density at radius 1 is 1.00 bits per heavy atom. The summed E-state index contributed by atoms with van der Waals surface area (Å²) in [7, 11) is 2.01. The summed E-state index contributed by atoms with van der Waals surface area (Å²) in [5.74, 6) is 0. The van der Waals surface area contributed by atoms with E-state index in [-0.39, 0.29) is 0 Å². The summed E-state index contributed by atoms with van der Waals surface area (Å²) in [4.78, 5) is 0. The Balaban J connectivity index is 2.34. The van der Waals surface area contributed by atoms with Crippen molar-refractivity contribution in [1.82, 2.24) is 5.32 Å². The Morgan fingerprint density at radius 3 is 2.35 bits per heavy atom. The number of halogens is 1. The summed E-state index contributed by atoms with van der Waals surface area (Å²) < 4.78 is 0. The van der Waals surface area contributed by atoms with Gasteiger partial charge in [-0.1, -0.05) is 30.5 Å². The van der Waals surface area contributed by atoms with Crippen LogP contribution >= 0.6 is 11.6 Å². The van der Waals surface area contributed by atoms with Crippen molar-refractivity contribution in [3.8, 4) is 0 Å². The average Bonchev–Trinajstić information content (AvgIpc) is 2.30. The second kappa shape index (κ2) is 7.73. The van der Waals surface area contributed by atoms with E-state index < -0.39 is 0 Å². The predicted octanol–water partition coefficient (Wildman–Crippen LogP) is 4.28. The fourth-order valence-electron chi connectivity index (χ4n) is 2.00. The van der Waals surface area contributed by atoms with Crippen LogP contribution in [0.3, 0.4) is 0 Å². The zero-order valence-electron chi connectivity index (χ0n) is 11.3. The summed E-state index contributed by atoms with van der Waals surface area (Å²) in [6.07, 6.45) is 6.23. The molecule has 1 N–H and O–H groups in total. The molecule has 0 bridgehead atoms. The molecule has 0 heterocycles. The second-order valence-electron chi connectivity index (χ2n) is 4.80. The van der Waals surface area contributed by atoms with E-state index in [0.29, 0.717) is 0 Å². The van der Waals surface area contributed by atoms with Gasteiger partial charge in [-0.2, -0.15) is 0 Å². The van der Waals surface area contributed by atoms with Gasteiger partial charge in [0, 0.05) is 5.02 Å². The molecule has 2 heteroatoms. The van der Waals surface area contributed by atoms with Crippen LogP contribution in [0.5, 0.6) is 0 Å². The maximum absolute atomic E-state index is 6.25. The number of rotatable bonds is 7. The smallest absolute Gasteiger partial charge is 0.0440 e. The van der Waals surface area contributed by atoms with E-state index in [1.165, 1.54) is 42.4 Å². The number of hydrogen-bond acceptors (Lipinski definition) is 1. The Morgan fingerprint density at radius 2 is 1.65 bits per heavy atom. The summed E-state index contributed by atoms with van der Waals surface area (Å²) in [6.45, 7) is 5.40. The van der Waals surface area contributed by atoms with Gasteiger partial charge in [0.05, 0.1) is 0 Å². The SMILES string of the molecule is CNCCCCCCc1cc(C)c(C)cc1Cl. The molecule has 1 rings (SSSR count). The molecule has 0 spiro atoms. The first-order chi connectivity index (χ1) is 8.15. The van der Waals surface area contributed by atoms with Crippen LogP contribution in [-0.2, 0) is 6.42 Å². The lowest BCUT2D eigenvalue weighted by molar-refractivity contribution is 0.616. The van der Waals surface area contributed by atoms with Gasteiger partial charge in [0.25, 0.3) is 0 Å². The molecule has 17 heavy (non-hydrogen) atoms. The molecule has 1 aromatic carbocycles. The first-order valence-electron chi connectivity index (χ1n) is 6.55. The van der Waals surface area contributed by atoms with E-state index in [4.69, 9.17) is 11.6 Å². The zero-order valence-corrected chi connectivity index (χ0v) is 12.0. The van der Waals surface area contributed by atoms with Crippen LogP contribution < -0.4 is 5.32 Å². The fourth-order valence-corrected chi connectivity index (χ4v) is 2.32. The van der Waals surface area contributed by atoms with Crippen molar-refractivity contribution in [2.45, 2.75) is 46.0 Å². The van der Waals surface area contributed by atoms with Gasteiger partial charge >= 0.3 is 0 Å². The number of nitrogens with one attached hydrogen (secondary N) is 1. The van der Waals surface area contributed by atoms with Crippen LogP contribution in [0.1, 0.15) is 42.4 Å². The van der Waals surface area contributed by atoms with Gasteiger partial charge < -0.3 is 5.32 Å². The van der Waals surface area contributed by atoms with Gasteiger partial charge in [0.15, 0.2) is 0 Å². The number of hydrogen-bond donors (Lipinski definition) is 1. The van der Waals surface area contributed by atoms with Crippen molar-refractivity contribution in [3.05, 3.63) is 33.8 Å². The van der Waals surface area contributed by atoms with E-state index in [0.717, 1.165) is 18.0 Å². The normalized spacial score (nSPS) is 10.8. The van der Waals surface area contributed by atoms with E-state index >= 15 is 0 Å². The van der Waals surface area contributed by atoms with Gasteiger partial charge in [0.1, 0.15) is 0 Å². The zero-order chi connectivity index (χ0) is 12.7. The Kier molecular flexibility index (Phi) is 6.61. The third-order valence-electron chi connectivity index (χ3n) is 3.29. The molecular weight excluding hydrogens is 230 g/mol. The molecule has 0 saturated carbocycles. The van der Waals surface area contributed by atoms with Crippen molar-refractivity contribution in [3.63, 3.8) is 0 Å². The number of benzene rings is 1. The van der Waals surface area contributed by atoms with Crippen LogP contribution in [-0.4, -0.2) is 13.6 Å². The van der Waals surface area contributed by atoms with E-state index in [2.05, 4.69) is 31.3 Å². The number of aryl methyl sites for hydroxylation is 3. The summed E-state index contributed by atoms with van der Waals surface area (Å²) in [5.41, 5.74) is 3.94. The highest BCUT2D eigenvalue weighted by molar-refractivity contribution is 6.31. The largest absolute Gasteiger partial charge is 0.320 e. The molecule has 0 aromatic heterocycles. The van der Waals surface area contributed by atoms with Gasteiger partial charge in [-0.15, -0.1) is 0 Å². The first kappa shape index (κ1) is 14.5. The molecule has 1 aromatic rings. The second-order valence-corrected chi connectivity index (χ2v) is 5.20. The van der Waals surface area contributed by atoms with E-state index in [9.17, 15) is 0 Å². The van der Waals surface area contributed by atoms with Crippen LogP contribution in [0.15, 0.2) is 12.1 Å². The van der Waals surface area contributed by atoms with Gasteiger partial charge in [-0.25, -0.2) is 0 Å². The molecule has 96 valence electrons. The van der Waals surface area contributed by atoms with Crippen LogP contribution in [0.25, 0.3) is 0 Å². The molecule has 0 radical (unpaired) electrons. The average molecular weight is 254 g/mol. The van der Waals surface area contributed by atoms with Crippen molar-refractivity contribution in [2.75, 3.05) is 13.6 Å². The molecular formula is C15H24ClN. The predicted molar refractivity (Wildman–Crippen MR) is 77.0 cm³/mol. The molecule has 0 fully saturated rings. The highest BCUT2D eigenvalue weighted by Crippen LogP contribution is 2.22. The number of unbranched alkanes of at least 4 members (excludes halogenated alkanes) is 3. The molecule has 0 unspecified atom stereocenters. The molecule has 0 aliphatic heterocycles. The van der Waals surface area contributed by atoms with E-state index in [1.807, 2.05) is 7.05 Å².